The highest BCUT2D eigenvalue weighted by molar-refractivity contribution is 7.98. The number of para-hydroxylation sites is 1. The number of benzene rings is 2. The van der Waals surface area contributed by atoms with Gasteiger partial charge in [0.15, 0.2) is 0 Å². The smallest absolute Gasteiger partial charge is 0.237 e. The Kier molecular flexibility index (Phi) is 5.57. The first kappa shape index (κ1) is 19.1. The van der Waals surface area contributed by atoms with Crippen molar-refractivity contribution in [3.8, 4) is 22.8 Å². The van der Waals surface area contributed by atoms with Crippen molar-refractivity contribution in [1.29, 1.82) is 0 Å². The summed E-state index contributed by atoms with van der Waals surface area (Å²) in [5, 5.41) is 16.7. The number of tetrazole rings is 1. The predicted molar refractivity (Wildman–Crippen MR) is 109 cm³/mol. The van der Waals surface area contributed by atoms with E-state index in [1.54, 1.807) is 11.8 Å². The standard InChI is InChI=1S/C20H20N6O2S/c1-13(2)14-8-10-15(11-9-14)26-20(22-24-25-26)29-12-18-21-19(23-28-18)16-6-4-5-7-17(16)27-3/h4-11,13H,12H2,1-3H3. The van der Waals surface area contributed by atoms with E-state index >= 15 is 0 Å². The Morgan fingerprint density at radius 1 is 1.10 bits per heavy atom. The number of nitrogens with zero attached hydrogens (tertiary/aromatic N) is 6. The quantitative estimate of drug-likeness (QED) is 0.421. The van der Waals surface area contributed by atoms with Crippen molar-refractivity contribution in [1.82, 2.24) is 30.3 Å². The Hall–Kier alpha value is -3.20. The molecule has 2 heterocycles. The number of aromatic nitrogens is 6. The summed E-state index contributed by atoms with van der Waals surface area (Å²) in [6, 6.07) is 15.8. The van der Waals surface area contributed by atoms with Gasteiger partial charge >= 0.3 is 0 Å². The highest BCUT2D eigenvalue weighted by Gasteiger charge is 2.15. The van der Waals surface area contributed by atoms with Crippen molar-refractivity contribution < 1.29 is 9.26 Å². The van der Waals surface area contributed by atoms with E-state index in [4.69, 9.17) is 9.26 Å². The zero-order valence-corrected chi connectivity index (χ0v) is 17.1. The number of hydrogen-bond donors (Lipinski definition) is 0. The van der Waals surface area contributed by atoms with Crippen LogP contribution in [0.2, 0.25) is 0 Å². The van der Waals surface area contributed by atoms with Crippen LogP contribution in [-0.2, 0) is 5.75 Å². The number of ether oxygens (including phenoxy) is 1. The van der Waals surface area contributed by atoms with E-state index in [9.17, 15) is 0 Å². The second-order valence-corrected chi connectivity index (χ2v) is 7.56. The van der Waals surface area contributed by atoms with Gasteiger partial charge in [-0.2, -0.15) is 9.67 Å². The lowest BCUT2D eigenvalue weighted by atomic mass is 10.0. The molecule has 2 aromatic carbocycles. The first-order valence-electron chi connectivity index (χ1n) is 9.13. The molecule has 0 unspecified atom stereocenters. The van der Waals surface area contributed by atoms with Crippen LogP contribution < -0.4 is 4.74 Å². The number of hydrogen-bond acceptors (Lipinski definition) is 8. The lowest BCUT2D eigenvalue weighted by Crippen LogP contribution is -2.00. The SMILES string of the molecule is COc1ccccc1-c1noc(CSc2nnnn2-c2ccc(C(C)C)cc2)n1. The van der Waals surface area contributed by atoms with E-state index in [0.717, 1.165) is 11.3 Å². The van der Waals surface area contributed by atoms with Gasteiger partial charge in [0.2, 0.25) is 16.9 Å². The Balaban J connectivity index is 1.48. The van der Waals surface area contributed by atoms with Gasteiger partial charge in [-0.3, -0.25) is 0 Å². The fourth-order valence-corrected chi connectivity index (χ4v) is 3.54. The Morgan fingerprint density at radius 3 is 2.66 bits per heavy atom. The molecule has 0 bridgehead atoms. The highest BCUT2D eigenvalue weighted by atomic mass is 32.2. The van der Waals surface area contributed by atoms with Crippen LogP contribution in [-0.4, -0.2) is 37.5 Å². The molecule has 0 amide bonds. The molecule has 0 saturated carbocycles. The van der Waals surface area contributed by atoms with Gasteiger partial charge in [-0.05, 0) is 46.2 Å². The number of methoxy groups -OCH3 is 1. The summed E-state index contributed by atoms with van der Waals surface area (Å²) in [5.41, 5.74) is 2.96. The molecule has 8 nitrogen and oxygen atoms in total. The fraction of sp³-hybridized carbons (Fsp3) is 0.250. The third kappa shape index (κ3) is 4.14. The zero-order valence-electron chi connectivity index (χ0n) is 16.3. The summed E-state index contributed by atoms with van der Waals surface area (Å²) in [4.78, 5) is 4.47. The maximum Gasteiger partial charge on any atom is 0.237 e. The molecule has 0 radical (unpaired) electrons. The lowest BCUT2D eigenvalue weighted by Gasteiger charge is -2.07. The van der Waals surface area contributed by atoms with Gasteiger partial charge in [0.1, 0.15) is 5.75 Å². The minimum absolute atomic E-state index is 0.451. The Bertz CT molecular complexity index is 1090. The molecule has 4 rings (SSSR count). The van der Waals surface area contributed by atoms with E-state index in [2.05, 4.69) is 51.6 Å². The molecular formula is C20H20N6O2S. The molecule has 0 fully saturated rings. The van der Waals surface area contributed by atoms with Crippen LogP contribution in [0.4, 0.5) is 0 Å². The minimum atomic E-state index is 0.451. The van der Waals surface area contributed by atoms with Gasteiger partial charge in [-0.1, -0.05) is 55.0 Å². The second-order valence-electron chi connectivity index (χ2n) is 6.62. The monoisotopic (exact) mass is 408 g/mol. The van der Waals surface area contributed by atoms with Crippen molar-refractivity contribution >= 4 is 11.8 Å². The summed E-state index contributed by atoms with van der Waals surface area (Å²) in [5.74, 6) is 2.60. The zero-order chi connectivity index (χ0) is 20.2. The second kappa shape index (κ2) is 8.44. The van der Waals surface area contributed by atoms with Crippen LogP contribution in [0.25, 0.3) is 17.1 Å². The third-order valence-corrected chi connectivity index (χ3v) is 5.29. The average molecular weight is 408 g/mol. The van der Waals surface area contributed by atoms with E-state index < -0.39 is 0 Å². The first-order chi connectivity index (χ1) is 14.2. The van der Waals surface area contributed by atoms with Crippen molar-refractivity contribution in [2.75, 3.05) is 7.11 Å². The molecule has 148 valence electrons. The van der Waals surface area contributed by atoms with Crippen LogP contribution in [0.1, 0.15) is 31.2 Å². The van der Waals surface area contributed by atoms with Gasteiger partial charge < -0.3 is 9.26 Å². The topological polar surface area (TPSA) is 91.8 Å². The molecule has 0 saturated heterocycles. The van der Waals surface area contributed by atoms with Crippen LogP contribution in [0.15, 0.2) is 58.2 Å². The molecule has 0 aliphatic carbocycles. The minimum Gasteiger partial charge on any atom is -0.496 e. The maximum atomic E-state index is 5.39. The van der Waals surface area contributed by atoms with Crippen molar-refractivity contribution in [2.45, 2.75) is 30.7 Å². The molecule has 9 heteroatoms. The summed E-state index contributed by atoms with van der Waals surface area (Å²) in [7, 11) is 1.61. The average Bonchev–Trinajstić information content (AvgIpc) is 3.41. The van der Waals surface area contributed by atoms with E-state index in [-0.39, 0.29) is 0 Å². The van der Waals surface area contributed by atoms with Crippen LogP contribution in [0.5, 0.6) is 5.75 Å². The van der Waals surface area contributed by atoms with Gasteiger partial charge in [-0.25, -0.2) is 0 Å². The summed E-state index contributed by atoms with van der Waals surface area (Å²) < 4.78 is 12.4. The summed E-state index contributed by atoms with van der Waals surface area (Å²) in [6.45, 7) is 4.33. The summed E-state index contributed by atoms with van der Waals surface area (Å²) in [6.07, 6.45) is 0. The van der Waals surface area contributed by atoms with E-state index in [1.165, 1.54) is 17.3 Å². The van der Waals surface area contributed by atoms with Gasteiger partial charge in [0.25, 0.3) is 0 Å². The number of thioether (sulfide) groups is 1. The maximum absolute atomic E-state index is 5.39. The molecule has 29 heavy (non-hydrogen) atoms. The largest absolute Gasteiger partial charge is 0.496 e. The molecular weight excluding hydrogens is 388 g/mol. The summed E-state index contributed by atoms with van der Waals surface area (Å²) >= 11 is 1.43. The van der Waals surface area contributed by atoms with Gasteiger partial charge in [0, 0.05) is 0 Å². The molecule has 2 aromatic heterocycles. The lowest BCUT2D eigenvalue weighted by molar-refractivity contribution is 0.390. The van der Waals surface area contributed by atoms with Crippen LogP contribution in [0.3, 0.4) is 0 Å². The van der Waals surface area contributed by atoms with Crippen LogP contribution >= 0.6 is 11.8 Å². The Labute approximate surface area is 172 Å². The van der Waals surface area contributed by atoms with Crippen LogP contribution in [0, 0.1) is 0 Å². The highest BCUT2D eigenvalue weighted by Crippen LogP contribution is 2.28. The molecule has 0 spiro atoms. The van der Waals surface area contributed by atoms with Crippen molar-refractivity contribution in [3.63, 3.8) is 0 Å². The fourth-order valence-electron chi connectivity index (χ4n) is 2.81. The normalized spacial score (nSPS) is 11.2. The number of rotatable bonds is 7. The van der Waals surface area contributed by atoms with Crippen molar-refractivity contribution in [3.05, 3.63) is 60.0 Å². The molecule has 0 aliphatic heterocycles. The molecule has 0 atom stereocenters. The van der Waals surface area contributed by atoms with Gasteiger partial charge in [0.05, 0.1) is 24.1 Å². The van der Waals surface area contributed by atoms with E-state index in [1.807, 2.05) is 36.4 Å². The predicted octanol–water partition coefficient (Wildman–Crippen LogP) is 4.14. The Morgan fingerprint density at radius 2 is 1.90 bits per heavy atom. The molecule has 0 aliphatic rings. The van der Waals surface area contributed by atoms with E-state index in [0.29, 0.717) is 34.3 Å². The first-order valence-corrected chi connectivity index (χ1v) is 10.1. The third-order valence-electron chi connectivity index (χ3n) is 4.39. The molecule has 0 N–H and O–H groups in total. The van der Waals surface area contributed by atoms with Crippen molar-refractivity contribution in [2.24, 2.45) is 0 Å². The van der Waals surface area contributed by atoms with Gasteiger partial charge in [-0.15, -0.1) is 5.10 Å². The molecule has 4 aromatic rings.